The number of nitrogens with zero attached hydrogens (tertiary/aromatic N) is 1. The Labute approximate surface area is 112 Å². The van der Waals surface area contributed by atoms with Gasteiger partial charge in [-0.3, -0.25) is 0 Å². The second-order valence-corrected chi connectivity index (χ2v) is 4.11. The fraction of sp³-hybridized carbons (Fsp3) is 0.357. The minimum absolute atomic E-state index is 0.0504. The molecule has 5 heteroatoms. The maximum Gasteiger partial charge on any atom is 0.211 e. The van der Waals surface area contributed by atoms with Crippen LogP contribution in [0.2, 0.25) is 0 Å². The molecule has 19 heavy (non-hydrogen) atoms. The maximum absolute atomic E-state index is 5.77. The van der Waals surface area contributed by atoms with Gasteiger partial charge in [0.15, 0.2) is 5.76 Å². The molecule has 0 aliphatic rings. The fourth-order valence-electron chi connectivity index (χ4n) is 1.82. The molecule has 1 atom stereocenters. The van der Waals surface area contributed by atoms with Crippen LogP contribution >= 0.6 is 0 Å². The average molecular weight is 262 g/mol. The van der Waals surface area contributed by atoms with Gasteiger partial charge in [-0.25, -0.2) is 4.98 Å². The Morgan fingerprint density at radius 3 is 2.37 bits per heavy atom. The summed E-state index contributed by atoms with van der Waals surface area (Å²) in [5.74, 6) is 2.65. The summed E-state index contributed by atoms with van der Waals surface area (Å²) in [6.45, 7) is 1.98. The minimum atomic E-state index is 0.0504. The van der Waals surface area contributed by atoms with Crippen LogP contribution in [0.3, 0.4) is 0 Å². The zero-order valence-corrected chi connectivity index (χ0v) is 11.6. The Morgan fingerprint density at radius 2 is 1.84 bits per heavy atom. The Bertz CT molecular complexity index is 529. The van der Waals surface area contributed by atoms with E-state index in [1.54, 1.807) is 20.4 Å². The van der Waals surface area contributed by atoms with E-state index >= 15 is 0 Å². The molecule has 2 aromatic rings. The van der Waals surface area contributed by atoms with Crippen LogP contribution < -0.4 is 14.8 Å². The lowest BCUT2D eigenvalue weighted by Gasteiger charge is -2.10. The van der Waals surface area contributed by atoms with Crippen LogP contribution in [0.1, 0.15) is 18.9 Å². The van der Waals surface area contributed by atoms with Gasteiger partial charge in [-0.1, -0.05) is 6.07 Å². The van der Waals surface area contributed by atoms with Gasteiger partial charge in [0.25, 0.3) is 0 Å². The summed E-state index contributed by atoms with van der Waals surface area (Å²) < 4.78 is 16.5. The highest BCUT2D eigenvalue weighted by Crippen LogP contribution is 2.38. The molecule has 0 aliphatic carbocycles. The van der Waals surface area contributed by atoms with Crippen molar-refractivity contribution in [3.8, 4) is 22.8 Å². The average Bonchev–Trinajstić information content (AvgIpc) is 2.94. The number of aromatic nitrogens is 1. The van der Waals surface area contributed by atoms with Crippen LogP contribution in [0.4, 0.5) is 0 Å². The topological polar surface area (TPSA) is 56.5 Å². The number of methoxy groups -OCH3 is 2. The molecular weight excluding hydrogens is 244 g/mol. The van der Waals surface area contributed by atoms with Crippen molar-refractivity contribution in [3.63, 3.8) is 0 Å². The van der Waals surface area contributed by atoms with Crippen molar-refractivity contribution in [3.05, 3.63) is 30.3 Å². The number of nitrogens with one attached hydrogen (secondary N) is 1. The fourth-order valence-corrected chi connectivity index (χ4v) is 1.82. The van der Waals surface area contributed by atoms with Crippen molar-refractivity contribution < 1.29 is 13.9 Å². The molecule has 1 heterocycles. The molecule has 0 radical (unpaired) electrons. The Hall–Kier alpha value is -2.01. The predicted molar refractivity (Wildman–Crippen MR) is 72.5 cm³/mol. The van der Waals surface area contributed by atoms with E-state index in [4.69, 9.17) is 13.9 Å². The first-order valence-electron chi connectivity index (χ1n) is 6.05. The van der Waals surface area contributed by atoms with Gasteiger partial charge in [-0.15, -0.1) is 0 Å². The molecule has 1 unspecified atom stereocenters. The van der Waals surface area contributed by atoms with Crippen molar-refractivity contribution in [2.45, 2.75) is 13.0 Å². The van der Waals surface area contributed by atoms with Crippen molar-refractivity contribution in [2.75, 3.05) is 21.3 Å². The molecule has 0 saturated carbocycles. The minimum Gasteiger partial charge on any atom is -0.496 e. The molecule has 0 fully saturated rings. The third kappa shape index (κ3) is 2.56. The van der Waals surface area contributed by atoms with Gasteiger partial charge in [-0.05, 0) is 26.1 Å². The molecule has 0 amide bonds. The molecule has 0 aliphatic heterocycles. The first-order valence-corrected chi connectivity index (χ1v) is 6.05. The van der Waals surface area contributed by atoms with Gasteiger partial charge >= 0.3 is 0 Å². The van der Waals surface area contributed by atoms with Gasteiger partial charge in [0, 0.05) is 0 Å². The molecule has 1 aromatic heterocycles. The molecule has 2 rings (SSSR count). The Morgan fingerprint density at radius 1 is 1.21 bits per heavy atom. The van der Waals surface area contributed by atoms with Crippen molar-refractivity contribution >= 4 is 0 Å². The molecule has 0 spiro atoms. The van der Waals surface area contributed by atoms with E-state index in [1.807, 2.05) is 32.2 Å². The van der Waals surface area contributed by atoms with Gasteiger partial charge < -0.3 is 19.2 Å². The number of hydrogen-bond donors (Lipinski definition) is 1. The van der Waals surface area contributed by atoms with Crippen LogP contribution in [-0.2, 0) is 0 Å². The van der Waals surface area contributed by atoms with E-state index in [1.165, 1.54) is 0 Å². The summed E-state index contributed by atoms with van der Waals surface area (Å²) in [6, 6.07) is 5.65. The lowest BCUT2D eigenvalue weighted by molar-refractivity contribution is 0.391. The highest BCUT2D eigenvalue weighted by molar-refractivity contribution is 5.72. The van der Waals surface area contributed by atoms with Crippen LogP contribution in [0.5, 0.6) is 11.5 Å². The van der Waals surface area contributed by atoms with E-state index in [-0.39, 0.29) is 6.04 Å². The van der Waals surface area contributed by atoms with Gasteiger partial charge in [0.1, 0.15) is 17.1 Å². The standard InChI is InChI=1S/C14H18N2O3/c1-9(15-2)14-16-8-12(19-14)13-10(17-3)6-5-7-11(13)18-4/h5-9,15H,1-4H3. The zero-order chi connectivity index (χ0) is 13.8. The van der Waals surface area contributed by atoms with Crippen molar-refractivity contribution in [1.82, 2.24) is 10.3 Å². The van der Waals surface area contributed by atoms with Crippen LogP contribution in [0.15, 0.2) is 28.8 Å². The summed E-state index contributed by atoms with van der Waals surface area (Å²) >= 11 is 0. The summed E-state index contributed by atoms with van der Waals surface area (Å²) in [7, 11) is 5.09. The molecule has 5 nitrogen and oxygen atoms in total. The zero-order valence-electron chi connectivity index (χ0n) is 11.6. The van der Waals surface area contributed by atoms with Crippen LogP contribution in [-0.4, -0.2) is 26.3 Å². The molecule has 1 N–H and O–H groups in total. The predicted octanol–water partition coefficient (Wildman–Crippen LogP) is 2.64. The first kappa shape index (κ1) is 13.4. The maximum atomic E-state index is 5.77. The molecule has 0 bridgehead atoms. The Kier molecular flexibility index (Phi) is 4.06. The largest absolute Gasteiger partial charge is 0.496 e. The van der Waals surface area contributed by atoms with Crippen LogP contribution in [0.25, 0.3) is 11.3 Å². The van der Waals surface area contributed by atoms with E-state index in [0.29, 0.717) is 23.1 Å². The van der Waals surface area contributed by atoms with E-state index in [2.05, 4.69) is 10.3 Å². The SMILES string of the molecule is CNC(C)c1ncc(-c2c(OC)cccc2OC)o1. The lowest BCUT2D eigenvalue weighted by Crippen LogP contribution is -2.12. The number of rotatable bonds is 5. The Balaban J connectivity index is 2.48. The summed E-state index contributed by atoms with van der Waals surface area (Å²) in [4.78, 5) is 4.27. The number of oxazole rings is 1. The third-order valence-corrected chi connectivity index (χ3v) is 3.00. The monoisotopic (exact) mass is 262 g/mol. The normalized spacial score (nSPS) is 12.2. The lowest BCUT2D eigenvalue weighted by atomic mass is 10.1. The molecular formula is C14H18N2O3. The van der Waals surface area contributed by atoms with Gasteiger partial charge in [0.05, 0.1) is 26.5 Å². The summed E-state index contributed by atoms with van der Waals surface area (Å²) in [6.07, 6.45) is 1.68. The number of hydrogen-bond acceptors (Lipinski definition) is 5. The summed E-state index contributed by atoms with van der Waals surface area (Å²) in [5, 5.41) is 3.08. The van der Waals surface area contributed by atoms with E-state index in [0.717, 1.165) is 5.56 Å². The van der Waals surface area contributed by atoms with Crippen molar-refractivity contribution in [2.24, 2.45) is 0 Å². The second kappa shape index (κ2) is 5.75. The highest BCUT2D eigenvalue weighted by Gasteiger charge is 2.18. The van der Waals surface area contributed by atoms with Crippen molar-refractivity contribution in [1.29, 1.82) is 0 Å². The molecule has 0 saturated heterocycles. The van der Waals surface area contributed by atoms with E-state index < -0.39 is 0 Å². The third-order valence-electron chi connectivity index (χ3n) is 3.00. The smallest absolute Gasteiger partial charge is 0.211 e. The highest BCUT2D eigenvalue weighted by atomic mass is 16.5. The number of ether oxygens (including phenoxy) is 2. The molecule has 1 aromatic carbocycles. The molecule has 102 valence electrons. The van der Waals surface area contributed by atoms with Gasteiger partial charge in [-0.2, -0.15) is 0 Å². The summed E-state index contributed by atoms with van der Waals surface area (Å²) in [5.41, 5.74) is 0.773. The van der Waals surface area contributed by atoms with Gasteiger partial charge in [0.2, 0.25) is 5.89 Å². The first-order chi connectivity index (χ1) is 9.21. The second-order valence-electron chi connectivity index (χ2n) is 4.11. The number of benzene rings is 1. The van der Waals surface area contributed by atoms with Crippen LogP contribution in [0, 0.1) is 0 Å². The quantitative estimate of drug-likeness (QED) is 0.897. The van der Waals surface area contributed by atoms with E-state index in [9.17, 15) is 0 Å².